The van der Waals surface area contributed by atoms with Gasteiger partial charge in [0, 0.05) is 12.6 Å². The van der Waals surface area contributed by atoms with Gasteiger partial charge in [0.2, 0.25) is 0 Å². The van der Waals surface area contributed by atoms with Crippen LogP contribution in [0, 0.1) is 0 Å². The van der Waals surface area contributed by atoms with Gasteiger partial charge in [-0.2, -0.15) is 0 Å². The second-order valence-corrected chi connectivity index (χ2v) is 5.73. The van der Waals surface area contributed by atoms with Gasteiger partial charge in [0.05, 0.1) is 25.6 Å². The maximum absolute atomic E-state index is 11.3. The number of hydrogen-bond donors (Lipinski definition) is 0. The maximum atomic E-state index is 11.3. The Hall–Kier alpha value is -3.21. The molecule has 0 unspecified atom stereocenters. The number of benzene rings is 2. The molecule has 3 aromatic rings. The first-order valence-corrected chi connectivity index (χ1v) is 7.85. The van der Waals surface area contributed by atoms with Crippen molar-refractivity contribution in [1.29, 1.82) is 0 Å². The molecule has 0 bridgehead atoms. The van der Waals surface area contributed by atoms with Crippen LogP contribution in [0.2, 0.25) is 0 Å². The van der Waals surface area contributed by atoms with Crippen molar-refractivity contribution in [2.75, 3.05) is 7.11 Å². The van der Waals surface area contributed by atoms with Crippen LogP contribution in [0.3, 0.4) is 0 Å². The number of methoxy groups -OCH3 is 1. The van der Waals surface area contributed by atoms with E-state index in [0.29, 0.717) is 11.4 Å². The zero-order valence-corrected chi connectivity index (χ0v) is 14.1. The lowest BCUT2D eigenvalue weighted by atomic mass is 10.0. The largest absolute Gasteiger partial charge is 0.469 e. The van der Waals surface area contributed by atoms with E-state index in [-0.39, 0.29) is 12.4 Å². The van der Waals surface area contributed by atoms with Crippen LogP contribution in [0.15, 0.2) is 54.9 Å². The van der Waals surface area contributed by atoms with Gasteiger partial charge in [-0.1, -0.05) is 48.5 Å². The zero-order chi connectivity index (χ0) is 17.8. The average molecular weight is 334 g/mol. The van der Waals surface area contributed by atoms with Crippen LogP contribution in [0.5, 0.6) is 0 Å². The molecule has 0 atom stereocenters. The van der Waals surface area contributed by atoms with E-state index in [4.69, 9.17) is 0 Å². The van der Waals surface area contributed by atoms with Gasteiger partial charge >= 0.3 is 5.97 Å². The molecular weight excluding hydrogens is 316 g/mol. The Morgan fingerprint density at radius 2 is 1.60 bits per heavy atom. The van der Waals surface area contributed by atoms with Gasteiger partial charge in [0.1, 0.15) is 5.69 Å². The zero-order valence-electron chi connectivity index (χ0n) is 14.1. The predicted octanol–water partition coefficient (Wildman–Crippen LogP) is 3.28. The molecule has 0 aliphatic rings. The number of esters is 1. The summed E-state index contributed by atoms with van der Waals surface area (Å²) in [6.45, 7) is 0. The number of carbonyl (C=O) groups excluding carboxylic acids is 2. The minimum Gasteiger partial charge on any atom is -0.469 e. The van der Waals surface area contributed by atoms with Crippen LogP contribution in [0.1, 0.15) is 16.1 Å². The first-order chi connectivity index (χ1) is 12.1. The number of nitrogens with zero attached hydrogens (tertiary/aromatic N) is 2. The molecule has 126 valence electrons. The first kappa shape index (κ1) is 16.6. The van der Waals surface area contributed by atoms with Gasteiger partial charge in [-0.15, -0.1) is 0 Å². The summed E-state index contributed by atoms with van der Waals surface area (Å²) in [4.78, 5) is 26.8. The Kier molecular flexibility index (Phi) is 4.75. The molecule has 0 N–H and O–H groups in total. The molecule has 5 heteroatoms. The fourth-order valence-electron chi connectivity index (χ4n) is 2.68. The van der Waals surface area contributed by atoms with Crippen LogP contribution in [0.25, 0.3) is 22.4 Å². The van der Waals surface area contributed by atoms with E-state index in [1.165, 1.54) is 7.11 Å². The number of aromatic nitrogens is 2. The molecule has 0 aliphatic carbocycles. The second kappa shape index (κ2) is 7.13. The normalized spacial score (nSPS) is 10.5. The standard InChI is InChI=1S/C20H18N2O3/c1-22-13-21-20(18(22)12-23)17-9-7-16(8-10-17)15-5-3-14(4-6-15)11-19(24)25-2/h3-10,12-13H,11H2,1-2H3. The summed E-state index contributed by atoms with van der Waals surface area (Å²) in [6, 6.07) is 15.7. The van der Waals surface area contributed by atoms with E-state index in [1.807, 2.05) is 48.5 Å². The third-order valence-corrected chi connectivity index (χ3v) is 4.12. The Bertz CT molecular complexity index is 894. The second-order valence-electron chi connectivity index (χ2n) is 5.73. The molecule has 2 aromatic carbocycles. The summed E-state index contributed by atoms with van der Waals surface area (Å²) in [5.41, 5.74) is 5.15. The molecule has 5 nitrogen and oxygen atoms in total. The molecule has 0 aliphatic heterocycles. The third kappa shape index (κ3) is 3.50. The topological polar surface area (TPSA) is 61.2 Å². The maximum Gasteiger partial charge on any atom is 0.309 e. The fourth-order valence-corrected chi connectivity index (χ4v) is 2.68. The highest BCUT2D eigenvalue weighted by atomic mass is 16.5. The first-order valence-electron chi connectivity index (χ1n) is 7.85. The van der Waals surface area contributed by atoms with E-state index in [0.717, 1.165) is 28.5 Å². The third-order valence-electron chi connectivity index (χ3n) is 4.12. The monoisotopic (exact) mass is 334 g/mol. The smallest absolute Gasteiger partial charge is 0.309 e. The van der Waals surface area contributed by atoms with Crippen LogP contribution < -0.4 is 0 Å². The Morgan fingerprint density at radius 3 is 2.16 bits per heavy atom. The summed E-state index contributed by atoms with van der Waals surface area (Å²) in [7, 11) is 3.18. The van der Waals surface area contributed by atoms with E-state index in [2.05, 4.69) is 9.72 Å². The van der Waals surface area contributed by atoms with Gasteiger partial charge in [0.25, 0.3) is 0 Å². The van der Waals surface area contributed by atoms with Crippen molar-refractivity contribution in [1.82, 2.24) is 9.55 Å². The predicted molar refractivity (Wildman–Crippen MR) is 95.2 cm³/mol. The number of aryl methyl sites for hydroxylation is 1. The summed E-state index contributed by atoms with van der Waals surface area (Å²) >= 11 is 0. The van der Waals surface area contributed by atoms with E-state index >= 15 is 0 Å². The Morgan fingerprint density at radius 1 is 1.04 bits per heavy atom. The highest BCUT2D eigenvalue weighted by molar-refractivity contribution is 5.84. The van der Waals surface area contributed by atoms with Crippen molar-refractivity contribution in [3.63, 3.8) is 0 Å². The molecule has 1 aromatic heterocycles. The summed E-state index contributed by atoms with van der Waals surface area (Å²) in [6.07, 6.45) is 2.72. The van der Waals surface area contributed by atoms with E-state index in [9.17, 15) is 9.59 Å². The number of carbonyl (C=O) groups is 2. The van der Waals surface area contributed by atoms with Gasteiger partial charge in [-0.05, 0) is 16.7 Å². The minimum absolute atomic E-state index is 0.251. The van der Waals surface area contributed by atoms with Crippen LogP contribution in [-0.2, 0) is 23.0 Å². The van der Waals surface area contributed by atoms with Crippen LogP contribution in [0.4, 0.5) is 0 Å². The van der Waals surface area contributed by atoms with Crippen molar-refractivity contribution < 1.29 is 14.3 Å². The molecule has 0 saturated heterocycles. The lowest BCUT2D eigenvalue weighted by Gasteiger charge is -2.06. The van der Waals surface area contributed by atoms with E-state index in [1.54, 1.807) is 17.9 Å². The van der Waals surface area contributed by atoms with Gasteiger partial charge in [0.15, 0.2) is 6.29 Å². The van der Waals surface area contributed by atoms with E-state index < -0.39 is 0 Å². The molecule has 0 fully saturated rings. The SMILES string of the molecule is COC(=O)Cc1ccc(-c2ccc(-c3ncn(C)c3C=O)cc2)cc1. The van der Waals surface area contributed by atoms with Gasteiger partial charge in [-0.25, -0.2) is 4.98 Å². The number of imidazole rings is 1. The van der Waals surface area contributed by atoms with Crippen molar-refractivity contribution in [2.24, 2.45) is 7.05 Å². The minimum atomic E-state index is -0.251. The number of aldehydes is 1. The van der Waals surface area contributed by atoms with Gasteiger partial charge < -0.3 is 9.30 Å². The number of rotatable bonds is 5. The average Bonchev–Trinajstić information content (AvgIpc) is 3.03. The van der Waals surface area contributed by atoms with Crippen molar-refractivity contribution in [3.05, 3.63) is 66.1 Å². The lowest BCUT2D eigenvalue weighted by Crippen LogP contribution is -2.04. The highest BCUT2D eigenvalue weighted by Gasteiger charge is 2.10. The summed E-state index contributed by atoms with van der Waals surface area (Å²) in [5.74, 6) is -0.251. The summed E-state index contributed by atoms with van der Waals surface area (Å²) in [5, 5.41) is 0. The molecular formula is C20H18N2O3. The van der Waals surface area contributed by atoms with Crippen LogP contribution >= 0.6 is 0 Å². The van der Waals surface area contributed by atoms with Crippen molar-refractivity contribution >= 4 is 12.3 Å². The lowest BCUT2D eigenvalue weighted by molar-refractivity contribution is -0.139. The van der Waals surface area contributed by atoms with Crippen molar-refractivity contribution in [3.8, 4) is 22.4 Å². The van der Waals surface area contributed by atoms with Crippen molar-refractivity contribution in [2.45, 2.75) is 6.42 Å². The van der Waals surface area contributed by atoms with Gasteiger partial charge in [-0.3, -0.25) is 9.59 Å². The molecule has 1 heterocycles. The van der Waals surface area contributed by atoms with Crippen LogP contribution in [-0.4, -0.2) is 28.9 Å². The molecule has 25 heavy (non-hydrogen) atoms. The molecule has 3 rings (SSSR count). The Balaban J connectivity index is 1.82. The number of hydrogen-bond acceptors (Lipinski definition) is 4. The summed E-state index contributed by atoms with van der Waals surface area (Å²) < 4.78 is 6.38. The molecule has 0 radical (unpaired) electrons. The molecule has 0 saturated carbocycles. The fraction of sp³-hybridized carbons (Fsp3) is 0.150. The Labute approximate surface area is 145 Å². The molecule has 0 amide bonds. The number of ether oxygens (including phenoxy) is 1. The molecule has 0 spiro atoms. The highest BCUT2D eigenvalue weighted by Crippen LogP contribution is 2.26. The quantitative estimate of drug-likeness (QED) is 0.531.